The third-order valence-corrected chi connectivity index (χ3v) is 6.55. The van der Waals surface area contributed by atoms with Gasteiger partial charge < -0.3 is 14.7 Å². The summed E-state index contributed by atoms with van der Waals surface area (Å²) >= 11 is 0. The maximum absolute atomic E-state index is 12.7. The highest BCUT2D eigenvalue weighted by Gasteiger charge is 2.26. The van der Waals surface area contributed by atoms with E-state index in [0.717, 1.165) is 17.7 Å². The topological polar surface area (TPSA) is 43.9 Å². The van der Waals surface area contributed by atoms with Gasteiger partial charge in [0.05, 0.1) is 13.7 Å². The van der Waals surface area contributed by atoms with Crippen LogP contribution in [-0.2, 0) is 9.59 Å². The molecule has 2 aliphatic rings. The van der Waals surface area contributed by atoms with Crippen LogP contribution < -0.4 is 14.7 Å². The minimum absolute atomic E-state index is 0.0101. The maximum Gasteiger partial charge on any atom is 0.227 e. The van der Waals surface area contributed by atoms with E-state index in [9.17, 15) is 9.59 Å². The number of carbonyl (C=O) groups excluding carboxylic acids is 2. The van der Waals surface area contributed by atoms with Gasteiger partial charge in [0.25, 0.3) is 0 Å². The van der Waals surface area contributed by atoms with Crippen molar-refractivity contribution in [2.45, 2.75) is 25.7 Å². The first-order valence-electron chi connectivity index (χ1n) is 17.1. The van der Waals surface area contributed by atoms with Gasteiger partial charge in [-0.3, -0.25) is 9.59 Å². The zero-order valence-electron chi connectivity index (χ0n) is 29.9. The molecule has 0 saturated carbocycles. The molecule has 0 atom stereocenters. The summed E-state index contributed by atoms with van der Waals surface area (Å²) < 4.78 is 83.7. The predicted octanol–water partition coefficient (Wildman–Crippen LogP) is 7.08. The van der Waals surface area contributed by atoms with Gasteiger partial charge in [-0.1, -0.05) is 48.4 Å². The number of carbonyl (C=O) groups is 2. The Morgan fingerprint density at radius 3 is 1.51 bits per heavy atom. The first-order valence-corrected chi connectivity index (χ1v) is 12.1. The Morgan fingerprint density at radius 1 is 0.595 bits per heavy atom. The smallest absolute Gasteiger partial charge is 0.227 e. The van der Waals surface area contributed by atoms with Crippen molar-refractivity contribution >= 4 is 40.3 Å². The van der Waals surface area contributed by atoms with Crippen LogP contribution in [0.4, 0.5) is 28.4 Å². The molecule has 2 amide bonds. The number of anilines is 5. The quantitative estimate of drug-likeness (QED) is 0.286. The third kappa shape index (κ3) is 4.60. The second-order valence-corrected chi connectivity index (χ2v) is 8.87. The van der Waals surface area contributed by atoms with Crippen LogP contribution in [0, 0.1) is 0 Å². The van der Waals surface area contributed by atoms with Crippen molar-refractivity contribution in [2.75, 3.05) is 27.8 Å². The normalized spacial score (nSPS) is 19.2. The molecule has 0 spiro atoms. The van der Waals surface area contributed by atoms with E-state index >= 15 is 0 Å². The lowest BCUT2D eigenvalue weighted by molar-refractivity contribution is -0.117. The van der Waals surface area contributed by atoms with Crippen LogP contribution >= 0.6 is 0 Å². The third-order valence-electron chi connectivity index (χ3n) is 6.55. The fourth-order valence-electron chi connectivity index (χ4n) is 4.80. The molecular weight excluding hydrogens is 458 g/mol. The van der Waals surface area contributed by atoms with E-state index in [1.807, 2.05) is 18.2 Å². The Balaban J connectivity index is 1.54. The van der Waals surface area contributed by atoms with Gasteiger partial charge in [0.1, 0.15) is 0 Å². The minimum Gasteiger partial charge on any atom is -0.312 e. The van der Waals surface area contributed by atoms with E-state index < -0.39 is 60.4 Å². The van der Waals surface area contributed by atoms with Gasteiger partial charge in [-0.05, 0) is 78.5 Å². The summed E-state index contributed by atoms with van der Waals surface area (Å²) in [5.74, 6) is -0.0202. The number of hydrogen-bond donors (Lipinski definition) is 0. The number of nitrogens with zero attached hydrogens (tertiary/aromatic N) is 3. The highest BCUT2D eigenvalue weighted by Crippen LogP contribution is 2.38. The van der Waals surface area contributed by atoms with E-state index in [1.54, 1.807) is 34.1 Å². The molecule has 2 aliphatic heterocycles. The fraction of sp³-hybridized carbons (Fsp3) is 0.188. The molecule has 0 N–H and O–H groups in total. The highest BCUT2D eigenvalue weighted by molar-refractivity contribution is 6.00. The molecule has 0 aliphatic carbocycles. The number of hydrogen-bond acceptors (Lipinski definition) is 3. The van der Waals surface area contributed by atoms with E-state index in [2.05, 4.69) is 0 Å². The van der Waals surface area contributed by atoms with Crippen LogP contribution in [0.1, 0.15) is 39.4 Å². The predicted molar refractivity (Wildman–Crippen MR) is 150 cm³/mol. The average molecular weight is 498 g/mol. The van der Waals surface area contributed by atoms with E-state index in [0.29, 0.717) is 48.4 Å². The molecule has 6 rings (SSSR count). The van der Waals surface area contributed by atoms with Crippen molar-refractivity contribution in [3.8, 4) is 11.1 Å². The zero-order valence-corrected chi connectivity index (χ0v) is 19.9. The summed E-state index contributed by atoms with van der Waals surface area (Å²) in [6, 6.07) is 5.72. The van der Waals surface area contributed by atoms with E-state index in [4.69, 9.17) is 13.7 Å². The first kappa shape index (κ1) is 14.4. The van der Waals surface area contributed by atoms with Crippen molar-refractivity contribution in [2.24, 2.45) is 0 Å². The van der Waals surface area contributed by atoms with Crippen molar-refractivity contribution in [1.82, 2.24) is 0 Å². The molecule has 2 saturated heterocycles. The summed E-state index contributed by atoms with van der Waals surface area (Å²) in [6.07, 6.45) is 2.31. The SMILES string of the molecule is [2H]c1c([2H])c([2H])c(N(c2ccc(-c3cc(N4CCCC4=O)cc(N4CCCC4=O)c3)cc2)c2c([2H])c([2H])c([2H])c([2H])c2[2H])c([2H])c1[2H]. The second kappa shape index (κ2) is 9.94. The Morgan fingerprint density at radius 2 is 1.08 bits per heavy atom. The van der Waals surface area contributed by atoms with Crippen molar-refractivity contribution in [3.05, 3.63) is 103 Å². The van der Waals surface area contributed by atoms with Crippen LogP contribution in [-0.4, -0.2) is 24.9 Å². The number of amides is 2. The summed E-state index contributed by atoms with van der Waals surface area (Å²) in [7, 11) is 0. The standard InChI is InChI=1S/C32H29N3O2/c36-31-13-7-19-33(31)29-21-25(22-30(23-29)34-20-8-14-32(34)37)24-15-17-28(18-16-24)35(26-9-3-1-4-10-26)27-11-5-2-6-12-27/h1-6,9-12,15-18,21-23H,7-8,13-14,19-20H2/i1D,2D,3D,4D,5D,6D,9D,10D,11D,12D. The molecule has 37 heavy (non-hydrogen) atoms. The number of para-hydroxylation sites is 2. The molecule has 0 bridgehead atoms. The van der Waals surface area contributed by atoms with Crippen LogP contribution in [0.25, 0.3) is 11.1 Å². The largest absolute Gasteiger partial charge is 0.312 e. The van der Waals surface area contributed by atoms with Gasteiger partial charge in [0.15, 0.2) is 0 Å². The molecule has 2 heterocycles. The molecule has 4 aromatic rings. The summed E-state index contributed by atoms with van der Waals surface area (Å²) in [5.41, 5.74) is 2.08. The number of rotatable bonds is 6. The van der Waals surface area contributed by atoms with Gasteiger partial charge in [0, 0.05) is 54.4 Å². The van der Waals surface area contributed by atoms with Gasteiger partial charge >= 0.3 is 0 Å². The molecule has 0 aromatic heterocycles. The molecule has 0 radical (unpaired) electrons. The number of benzene rings is 4. The van der Waals surface area contributed by atoms with Gasteiger partial charge in [-0.25, -0.2) is 0 Å². The van der Waals surface area contributed by atoms with Crippen LogP contribution in [0.3, 0.4) is 0 Å². The van der Waals surface area contributed by atoms with E-state index in [-0.39, 0.29) is 28.9 Å². The Bertz CT molecular complexity index is 1800. The lowest BCUT2D eigenvalue weighted by Crippen LogP contribution is -2.26. The summed E-state index contributed by atoms with van der Waals surface area (Å²) in [6.45, 7) is 1.11. The minimum atomic E-state index is -0.646. The molecule has 0 unspecified atom stereocenters. The lowest BCUT2D eigenvalue weighted by atomic mass is 10.0. The molecule has 5 heteroatoms. The van der Waals surface area contributed by atoms with Crippen molar-refractivity contribution in [3.63, 3.8) is 0 Å². The second-order valence-electron chi connectivity index (χ2n) is 8.87. The zero-order chi connectivity index (χ0) is 33.9. The van der Waals surface area contributed by atoms with E-state index in [1.165, 1.54) is 0 Å². The van der Waals surface area contributed by atoms with Crippen LogP contribution in [0.2, 0.25) is 0 Å². The summed E-state index contributed by atoms with van der Waals surface area (Å²) in [5, 5.41) is 0. The van der Waals surface area contributed by atoms with Gasteiger partial charge in [0.2, 0.25) is 11.8 Å². The average Bonchev–Trinajstić information content (AvgIpc) is 3.71. The molecule has 2 fully saturated rings. The fourth-order valence-corrected chi connectivity index (χ4v) is 4.80. The van der Waals surface area contributed by atoms with Gasteiger partial charge in [-0.15, -0.1) is 0 Å². The molecule has 5 nitrogen and oxygen atoms in total. The molecular formula is C32H29N3O2. The highest BCUT2D eigenvalue weighted by atomic mass is 16.2. The van der Waals surface area contributed by atoms with Crippen molar-refractivity contribution in [1.29, 1.82) is 0 Å². The molecule has 4 aromatic carbocycles. The Labute approximate surface area is 231 Å². The Kier molecular flexibility index (Phi) is 3.86. The lowest BCUT2D eigenvalue weighted by Gasteiger charge is -2.26. The Hall–Kier alpha value is -4.38. The van der Waals surface area contributed by atoms with Crippen LogP contribution in [0.5, 0.6) is 0 Å². The van der Waals surface area contributed by atoms with Crippen LogP contribution in [0.15, 0.2) is 103 Å². The first-order chi connectivity index (χ1) is 22.3. The summed E-state index contributed by atoms with van der Waals surface area (Å²) in [4.78, 5) is 29.8. The maximum atomic E-state index is 12.7. The van der Waals surface area contributed by atoms with Gasteiger partial charge in [-0.2, -0.15) is 0 Å². The van der Waals surface area contributed by atoms with Crippen molar-refractivity contribution < 1.29 is 23.3 Å². The monoisotopic (exact) mass is 497 g/mol. The molecule has 184 valence electrons.